The maximum absolute atomic E-state index is 8.88. The molecule has 1 aromatic heterocycles. The third-order valence-corrected chi connectivity index (χ3v) is 3.45. The summed E-state index contributed by atoms with van der Waals surface area (Å²) in [4.78, 5) is 0. The summed E-state index contributed by atoms with van der Waals surface area (Å²) in [6.07, 6.45) is 0. The summed E-state index contributed by atoms with van der Waals surface area (Å²) in [7, 11) is 3.14. The first-order chi connectivity index (χ1) is 9.12. The van der Waals surface area contributed by atoms with Gasteiger partial charge in [0.25, 0.3) is 0 Å². The zero-order valence-corrected chi connectivity index (χ0v) is 12.2. The maximum atomic E-state index is 8.88. The van der Waals surface area contributed by atoms with Gasteiger partial charge < -0.3 is 14.0 Å². The summed E-state index contributed by atoms with van der Waals surface area (Å²) in [6.45, 7) is 1.91. The van der Waals surface area contributed by atoms with E-state index in [2.05, 4.69) is 21.1 Å². The van der Waals surface area contributed by atoms with E-state index in [-0.39, 0.29) is 5.69 Å². The summed E-state index contributed by atoms with van der Waals surface area (Å²) in [5, 5.41) is 12.6. The molecule has 0 radical (unpaired) electrons. The molecule has 2 aromatic rings. The first-order valence-corrected chi connectivity index (χ1v) is 6.20. The van der Waals surface area contributed by atoms with E-state index in [1.165, 1.54) is 0 Å². The van der Waals surface area contributed by atoms with Crippen molar-refractivity contribution >= 4 is 15.9 Å². The molecule has 98 valence electrons. The van der Waals surface area contributed by atoms with Gasteiger partial charge >= 0.3 is 0 Å². The van der Waals surface area contributed by atoms with E-state index in [0.29, 0.717) is 21.7 Å². The Bertz CT molecular complexity index is 659. The third-order valence-electron chi connectivity index (χ3n) is 2.72. The fraction of sp³-hybridized carbons (Fsp3) is 0.231. The predicted molar refractivity (Wildman–Crippen MR) is 72.2 cm³/mol. The molecule has 0 amide bonds. The van der Waals surface area contributed by atoms with Crippen LogP contribution in [-0.4, -0.2) is 19.4 Å². The predicted octanol–water partition coefficient (Wildman–Crippen LogP) is 3.30. The third kappa shape index (κ3) is 2.29. The Labute approximate surface area is 118 Å². The lowest BCUT2D eigenvalue weighted by Crippen LogP contribution is -1.93. The molecule has 0 aliphatic rings. The molecule has 0 aliphatic heterocycles. The Morgan fingerprint density at radius 1 is 1.26 bits per heavy atom. The molecule has 19 heavy (non-hydrogen) atoms. The first kappa shape index (κ1) is 13.4. The van der Waals surface area contributed by atoms with Crippen LogP contribution in [0.1, 0.15) is 11.3 Å². The van der Waals surface area contributed by atoms with E-state index in [1.54, 1.807) is 20.3 Å². The van der Waals surface area contributed by atoms with Crippen molar-refractivity contribution in [2.45, 2.75) is 6.92 Å². The van der Waals surface area contributed by atoms with Gasteiger partial charge in [0.2, 0.25) is 0 Å². The molecule has 1 aromatic carbocycles. The number of rotatable bonds is 3. The Morgan fingerprint density at radius 2 is 1.89 bits per heavy atom. The van der Waals surface area contributed by atoms with Crippen molar-refractivity contribution in [2.24, 2.45) is 0 Å². The minimum atomic E-state index is 0.212. The highest BCUT2D eigenvalue weighted by atomic mass is 79.9. The summed E-state index contributed by atoms with van der Waals surface area (Å²) in [5.74, 6) is 1.72. The second-order valence-corrected chi connectivity index (χ2v) is 4.60. The van der Waals surface area contributed by atoms with Crippen LogP contribution in [-0.2, 0) is 0 Å². The van der Waals surface area contributed by atoms with Crippen LogP contribution in [0.2, 0.25) is 0 Å². The quantitative estimate of drug-likeness (QED) is 0.867. The van der Waals surface area contributed by atoms with Crippen LogP contribution in [0.25, 0.3) is 11.3 Å². The molecule has 0 saturated heterocycles. The van der Waals surface area contributed by atoms with Gasteiger partial charge in [-0.25, -0.2) is 0 Å². The molecule has 0 N–H and O–H groups in total. The molecular formula is C13H11BrN2O3. The van der Waals surface area contributed by atoms with Gasteiger partial charge in [-0.2, -0.15) is 5.26 Å². The number of nitrogens with zero attached hydrogens (tertiary/aromatic N) is 2. The lowest BCUT2D eigenvalue weighted by Gasteiger charge is -2.11. The van der Waals surface area contributed by atoms with Crippen LogP contribution in [0.5, 0.6) is 11.5 Å². The van der Waals surface area contributed by atoms with E-state index in [1.807, 2.05) is 19.1 Å². The lowest BCUT2D eigenvalue weighted by molar-refractivity contribution is 0.354. The molecule has 0 bridgehead atoms. The number of aryl methyl sites for hydroxylation is 1. The molecule has 2 rings (SSSR count). The van der Waals surface area contributed by atoms with E-state index in [0.717, 1.165) is 11.1 Å². The standard InChI is InChI=1S/C13H11BrN2O3/c1-7-4-10(17-2)11(18-3)5-8(7)13-12(14)9(6-15)16-19-13/h4-5H,1-3H3. The van der Waals surface area contributed by atoms with Crippen LogP contribution in [0.15, 0.2) is 21.1 Å². The average Bonchev–Trinajstić information content (AvgIpc) is 2.79. The Hall–Kier alpha value is -2.00. The van der Waals surface area contributed by atoms with Crippen molar-refractivity contribution in [1.82, 2.24) is 5.16 Å². The van der Waals surface area contributed by atoms with Crippen molar-refractivity contribution in [3.05, 3.63) is 27.9 Å². The number of benzene rings is 1. The van der Waals surface area contributed by atoms with Crippen molar-refractivity contribution in [3.8, 4) is 28.9 Å². The Morgan fingerprint density at radius 3 is 2.42 bits per heavy atom. The number of nitriles is 1. The van der Waals surface area contributed by atoms with Gasteiger partial charge in [-0.05, 0) is 40.5 Å². The van der Waals surface area contributed by atoms with Crippen molar-refractivity contribution < 1.29 is 14.0 Å². The van der Waals surface area contributed by atoms with Crippen LogP contribution >= 0.6 is 15.9 Å². The average molecular weight is 323 g/mol. The summed E-state index contributed by atoms with van der Waals surface area (Å²) < 4.78 is 16.2. The monoisotopic (exact) mass is 322 g/mol. The van der Waals surface area contributed by atoms with Crippen molar-refractivity contribution in [1.29, 1.82) is 5.26 Å². The molecule has 0 spiro atoms. The first-order valence-electron chi connectivity index (χ1n) is 5.40. The Kier molecular flexibility index (Phi) is 3.76. The van der Waals surface area contributed by atoms with Gasteiger partial charge in [0.1, 0.15) is 10.5 Å². The molecule has 0 saturated carbocycles. The van der Waals surface area contributed by atoms with Gasteiger partial charge in [-0.1, -0.05) is 5.16 Å². The fourth-order valence-electron chi connectivity index (χ4n) is 1.74. The molecule has 6 heteroatoms. The molecule has 5 nitrogen and oxygen atoms in total. The minimum Gasteiger partial charge on any atom is -0.493 e. The molecule has 0 fully saturated rings. The minimum absolute atomic E-state index is 0.212. The normalized spacial score (nSPS) is 10.1. The van der Waals surface area contributed by atoms with Gasteiger partial charge in [0.15, 0.2) is 23.0 Å². The molecule has 0 unspecified atom stereocenters. The van der Waals surface area contributed by atoms with Crippen LogP contribution in [0.4, 0.5) is 0 Å². The molecular weight excluding hydrogens is 312 g/mol. The van der Waals surface area contributed by atoms with Crippen molar-refractivity contribution in [3.63, 3.8) is 0 Å². The zero-order chi connectivity index (χ0) is 14.0. The maximum Gasteiger partial charge on any atom is 0.198 e. The van der Waals surface area contributed by atoms with E-state index in [9.17, 15) is 0 Å². The van der Waals surface area contributed by atoms with E-state index < -0.39 is 0 Å². The van der Waals surface area contributed by atoms with E-state index >= 15 is 0 Å². The topological polar surface area (TPSA) is 68.3 Å². The van der Waals surface area contributed by atoms with Crippen LogP contribution in [0, 0.1) is 18.3 Å². The summed E-state index contributed by atoms with van der Waals surface area (Å²) in [5.41, 5.74) is 1.93. The molecule has 1 heterocycles. The van der Waals surface area contributed by atoms with Crippen LogP contribution < -0.4 is 9.47 Å². The largest absolute Gasteiger partial charge is 0.493 e. The summed E-state index contributed by atoms with van der Waals surface area (Å²) >= 11 is 3.31. The molecule has 0 atom stereocenters. The van der Waals surface area contributed by atoms with E-state index in [4.69, 9.17) is 19.3 Å². The number of ether oxygens (including phenoxy) is 2. The van der Waals surface area contributed by atoms with Crippen LogP contribution in [0.3, 0.4) is 0 Å². The number of methoxy groups -OCH3 is 2. The van der Waals surface area contributed by atoms with Gasteiger partial charge in [-0.3, -0.25) is 0 Å². The van der Waals surface area contributed by atoms with Gasteiger partial charge in [0.05, 0.1) is 14.2 Å². The highest BCUT2D eigenvalue weighted by molar-refractivity contribution is 9.10. The Balaban J connectivity index is 2.62. The number of halogens is 1. The van der Waals surface area contributed by atoms with Crippen molar-refractivity contribution in [2.75, 3.05) is 14.2 Å². The second kappa shape index (κ2) is 5.33. The van der Waals surface area contributed by atoms with Gasteiger partial charge in [-0.15, -0.1) is 0 Å². The smallest absolute Gasteiger partial charge is 0.198 e. The number of hydrogen-bond acceptors (Lipinski definition) is 5. The highest BCUT2D eigenvalue weighted by Gasteiger charge is 2.19. The molecule has 0 aliphatic carbocycles. The summed E-state index contributed by atoms with van der Waals surface area (Å²) in [6, 6.07) is 5.58. The number of aromatic nitrogens is 1. The van der Waals surface area contributed by atoms with Gasteiger partial charge in [0, 0.05) is 5.56 Å². The SMILES string of the molecule is COc1cc(C)c(-c2onc(C#N)c2Br)cc1OC. The number of hydrogen-bond donors (Lipinski definition) is 0. The fourth-order valence-corrected chi connectivity index (χ4v) is 2.19. The highest BCUT2D eigenvalue weighted by Crippen LogP contribution is 2.38. The lowest BCUT2D eigenvalue weighted by atomic mass is 10.1. The zero-order valence-electron chi connectivity index (χ0n) is 10.7. The second-order valence-electron chi connectivity index (χ2n) is 3.81.